The van der Waals surface area contributed by atoms with Gasteiger partial charge in [0, 0.05) is 6.54 Å². The molecule has 1 fully saturated rings. The lowest BCUT2D eigenvalue weighted by Crippen LogP contribution is -2.38. The minimum Gasteiger partial charge on any atom is -0.355 e. The molecule has 1 aliphatic rings. The van der Waals surface area contributed by atoms with E-state index in [0.29, 0.717) is 5.92 Å². The molecule has 0 radical (unpaired) electrons. The molecule has 10 heavy (non-hydrogen) atoms. The van der Waals surface area contributed by atoms with E-state index in [2.05, 4.69) is 12.2 Å². The number of hydrogen-bond donors (Lipinski definition) is 2. The summed E-state index contributed by atoms with van der Waals surface area (Å²) >= 11 is 0. The van der Waals surface area contributed by atoms with Crippen LogP contribution in [0.25, 0.3) is 0 Å². The van der Waals surface area contributed by atoms with Gasteiger partial charge in [-0.2, -0.15) is 0 Å². The van der Waals surface area contributed by atoms with Crippen LogP contribution in [0, 0.1) is 5.92 Å². The number of rotatable bonds is 0. The molecule has 1 amide bonds. The largest absolute Gasteiger partial charge is 0.355 e. The van der Waals surface area contributed by atoms with Crippen molar-refractivity contribution in [3.8, 4) is 0 Å². The van der Waals surface area contributed by atoms with Gasteiger partial charge >= 0.3 is 0 Å². The van der Waals surface area contributed by atoms with Crippen molar-refractivity contribution < 1.29 is 4.79 Å². The Morgan fingerprint density at radius 3 is 3.10 bits per heavy atom. The molecule has 2 atom stereocenters. The Bertz CT molecular complexity index is 136. The fourth-order valence-electron chi connectivity index (χ4n) is 1.23. The Morgan fingerprint density at radius 1 is 1.70 bits per heavy atom. The number of amides is 1. The molecule has 0 aromatic heterocycles. The summed E-state index contributed by atoms with van der Waals surface area (Å²) in [5.74, 6) is 0.582. The zero-order valence-corrected chi connectivity index (χ0v) is 6.26. The molecule has 0 bridgehead atoms. The van der Waals surface area contributed by atoms with Crippen LogP contribution in [0.2, 0.25) is 0 Å². The number of carbonyl (C=O) groups excluding carboxylic acids is 1. The van der Waals surface area contributed by atoms with Crippen LogP contribution in [-0.4, -0.2) is 18.5 Å². The average molecular weight is 142 g/mol. The SMILES string of the molecule is C[C@H]1CCNC(=O)[C@@H](N)C1. The molecule has 0 aliphatic carbocycles. The molecule has 3 nitrogen and oxygen atoms in total. The highest BCUT2D eigenvalue weighted by Crippen LogP contribution is 2.11. The fourth-order valence-corrected chi connectivity index (χ4v) is 1.23. The number of carbonyl (C=O) groups is 1. The molecule has 0 saturated carbocycles. The molecule has 1 heterocycles. The topological polar surface area (TPSA) is 55.1 Å². The third-order valence-corrected chi connectivity index (χ3v) is 1.93. The van der Waals surface area contributed by atoms with Crippen LogP contribution in [0.3, 0.4) is 0 Å². The van der Waals surface area contributed by atoms with Crippen LogP contribution in [0.1, 0.15) is 19.8 Å². The van der Waals surface area contributed by atoms with E-state index in [1.807, 2.05) is 0 Å². The normalized spacial score (nSPS) is 34.8. The molecule has 58 valence electrons. The molecule has 0 unspecified atom stereocenters. The lowest BCUT2D eigenvalue weighted by molar-refractivity contribution is -0.122. The zero-order valence-electron chi connectivity index (χ0n) is 6.26. The van der Waals surface area contributed by atoms with Gasteiger partial charge in [0.1, 0.15) is 0 Å². The number of hydrogen-bond acceptors (Lipinski definition) is 2. The fraction of sp³-hybridized carbons (Fsp3) is 0.857. The third-order valence-electron chi connectivity index (χ3n) is 1.93. The first-order chi connectivity index (χ1) is 4.70. The molecule has 3 N–H and O–H groups in total. The van der Waals surface area contributed by atoms with E-state index in [9.17, 15) is 4.79 Å². The molecule has 1 saturated heterocycles. The minimum atomic E-state index is -0.280. The summed E-state index contributed by atoms with van der Waals surface area (Å²) in [4.78, 5) is 10.9. The van der Waals surface area contributed by atoms with Gasteiger partial charge in [-0.05, 0) is 18.8 Å². The highest BCUT2D eigenvalue weighted by atomic mass is 16.2. The van der Waals surface area contributed by atoms with Crippen molar-refractivity contribution in [3.63, 3.8) is 0 Å². The average Bonchev–Trinajstić information content (AvgIpc) is 1.96. The van der Waals surface area contributed by atoms with E-state index in [4.69, 9.17) is 5.73 Å². The van der Waals surface area contributed by atoms with Crippen molar-refractivity contribution in [2.45, 2.75) is 25.8 Å². The standard InChI is InChI=1S/C7H14N2O/c1-5-2-3-9-7(10)6(8)4-5/h5-6H,2-4,8H2,1H3,(H,9,10)/t5-,6-/m0/s1. The Morgan fingerprint density at radius 2 is 2.40 bits per heavy atom. The van der Waals surface area contributed by atoms with E-state index >= 15 is 0 Å². The highest BCUT2D eigenvalue weighted by molar-refractivity contribution is 5.81. The Kier molecular flexibility index (Phi) is 2.27. The van der Waals surface area contributed by atoms with Crippen molar-refractivity contribution in [2.24, 2.45) is 11.7 Å². The Hall–Kier alpha value is -0.570. The molecule has 1 aliphatic heterocycles. The van der Waals surface area contributed by atoms with Gasteiger partial charge in [-0.15, -0.1) is 0 Å². The van der Waals surface area contributed by atoms with Gasteiger partial charge in [-0.1, -0.05) is 6.92 Å². The van der Waals surface area contributed by atoms with Gasteiger partial charge in [0.05, 0.1) is 6.04 Å². The summed E-state index contributed by atoms with van der Waals surface area (Å²) in [6.45, 7) is 2.91. The van der Waals surface area contributed by atoms with Crippen molar-refractivity contribution in [2.75, 3.05) is 6.54 Å². The predicted octanol–water partition coefficient (Wildman–Crippen LogP) is -0.140. The first-order valence-electron chi connectivity index (χ1n) is 3.73. The van der Waals surface area contributed by atoms with Crippen LogP contribution in [0.15, 0.2) is 0 Å². The predicted molar refractivity (Wildman–Crippen MR) is 39.4 cm³/mol. The second-order valence-electron chi connectivity index (χ2n) is 3.03. The lowest BCUT2D eigenvalue weighted by atomic mass is 10.0. The van der Waals surface area contributed by atoms with Crippen molar-refractivity contribution in [3.05, 3.63) is 0 Å². The van der Waals surface area contributed by atoms with E-state index in [-0.39, 0.29) is 11.9 Å². The summed E-state index contributed by atoms with van der Waals surface area (Å²) in [5.41, 5.74) is 5.56. The number of nitrogens with two attached hydrogens (primary N) is 1. The molecule has 0 aromatic carbocycles. The van der Waals surface area contributed by atoms with E-state index in [0.717, 1.165) is 19.4 Å². The molecule has 1 rings (SSSR count). The summed E-state index contributed by atoms with van der Waals surface area (Å²) in [5, 5.41) is 2.76. The van der Waals surface area contributed by atoms with Crippen LogP contribution < -0.4 is 11.1 Å². The maximum atomic E-state index is 10.9. The summed E-state index contributed by atoms with van der Waals surface area (Å²) in [6, 6.07) is -0.280. The van der Waals surface area contributed by atoms with E-state index in [1.54, 1.807) is 0 Å². The van der Waals surface area contributed by atoms with Gasteiger partial charge in [0.15, 0.2) is 0 Å². The molecular weight excluding hydrogens is 128 g/mol. The summed E-state index contributed by atoms with van der Waals surface area (Å²) in [6.07, 6.45) is 1.88. The molecule has 0 spiro atoms. The molecule has 0 aromatic rings. The van der Waals surface area contributed by atoms with Crippen LogP contribution in [0.5, 0.6) is 0 Å². The quantitative estimate of drug-likeness (QED) is 0.494. The second kappa shape index (κ2) is 3.01. The van der Waals surface area contributed by atoms with Crippen molar-refractivity contribution >= 4 is 5.91 Å². The van der Waals surface area contributed by atoms with Crippen LogP contribution in [0.4, 0.5) is 0 Å². The molecule has 3 heteroatoms. The van der Waals surface area contributed by atoms with Gasteiger partial charge in [0.2, 0.25) is 5.91 Å². The maximum absolute atomic E-state index is 10.9. The van der Waals surface area contributed by atoms with Gasteiger partial charge in [-0.3, -0.25) is 4.79 Å². The van der Waals surface area contributed by atoms with Crippen LogP contribution >= 0.6 is 0 Å². The monoisotopic (exact) mass is 142 g/mol. The second-order valence-corrected chi connectivity index (χ2v) is 3.03. The van der Waals surface area contributed by atoms with Gasteiger partial charge in [-0.25, -0.2) is 0 Å². The first kappa shape index (κ1) is 7.54. The van der Waals surface area contributed by atoms with Crippen molar-refractivity contribution in [1.29, 1.82) is 0 Å². The Balaban J connectivity index is 2.49. The Labute approximate surface area is 61.0 Å². The summed E-state index contributed by atoms with van der Waals surface area (Å²) in [7, 11) is 0. The summed E-state index contributed by atoms with van der Waals surface area (Å²) < 4.78 is 0. The van der Waals surface area contributed by atoms with Gasteiger partial charge < -0.3 is 11.1 Å². The van der Waals surface area contributed by atoms with Gasteiger partial charge in [0.25, 0.3) is 0 Å². The maximum Gasteiger partial charge on any atom is 0.236 e. The van der Waals surface area contributed by atoms with Crippen molar-refractivity contribution in [1.82, 2.24) is 5.32 Å². The minimum absolute atomic E-state index is 0.00403. The van der Waals surface area contributed by atoms with E-state index in [1.165, 1.54) is 0 Å². The molecular formula is C7H14N2O. The first-order valence-corrected chi connectivity index (χ1v) is 3.73. The number of nitrogens with one attached hydrogen (secondary N) is 1. The van der Waals surface area contributed by atoms with Crippen LogP contribution in [-0.2, 0) is 4.79 Å². The van der Waals surface area contributed by atoms with E-state index < -0.39 is 0 Å². The lowest BCUT2D eigenvalue weighted by Gasteiger charge is -2.08. The third kappa shape index (κ3) is 1.70. The zero-order chi connectivity index (χ0) is 7.56. The smallest absolute Gasteiger partial charge is 0.236 e. The highest BCUT2D eigenvalue weighted by Gasteiger charge is 2.19.